The van der Waals surface area contributed by atoms with Crippen LogP contribution < -0.4 is 0 Å². The van der Waals surface area contributed by atoms with E-state index in [1.54, 1.807) is 0 Å². The molecule has 0 amide bonds. The van der Waals surface area contributed by atoms with E-state index in [4.69, 9.17) is 4.74 Å². The van der Waals surface area contributed by atoms with E-state index in [1.165, 1.54) is 0 Å². The Kier molecular flexibility index (Phi) is 3.96. The summed E-state index contributed by atoms with van der Waals surface area (Å²) in [6.07, 6.45) is -3.45. The Morgan fingerprint density at radius 2 is 2.00 bits per heavy atom. The maximum Gasteiger partial charge on any atom is 0.404 e. The number of ether oxygens (including phenoxy) is 2. The van der Waals surface area contributed by atoms with Gasteiger partial charge in [-0.2, -0.15) is 27.3 Å². The van der Waals surface area contributed by atoms with Crippen molar-refractivity contribution in [2.24, 2.45) is 0 Å². The number of esters is 1. The molecule has 116 valence electrons. The van der Waals surface area contributed by atoms with Crippen molar-refractivity contribution >= 4 is 5.97 Å². The number of alkyl halides is 4. The van der Waals surface area contributed by atoms with Crippen LogP contribution in [-0.4, -0.2) is 36.5 Å². The predicted molar refractivity (Wildman–Crippen MR) is 54.8 cm³/mol. The second kappa shape index (κ2) is 5.12. The lowest BCUT2D eigenvalue weighted by Crippen LogP contribution is -2.58. The van der Waals surface area contributed by atoms with E-state index < -0.39 is 36.5 Å². The number of halogens is 4. The Labute approximate surface area is 112 Å². The summed E-state index contributed by atoms with van der Waals surface area (Å²) in [5.41, 5.74) is 0. The van der Waals surface area contributed by atoms with Crippen molar-refractivity contribution in [3.05, 3.63) is 0 Å². The van der Waals surface area contributed by atoms with Crippen molar-refractivity contribution in [1.29, 1.82) is 0 Å². The van der Waals surface area contributed by atoms with Gasteiger partial charge in [0, 0.05) is 13.3 Å². The van der Waals surface area contributed by atoms with Crippen LogP contribution in [0.5, 0.6) is 0 Å². The largest absolute Gasteiger partial charge is 0.452 e. The van der Waals surface area contributed by atoms with Crippen molar-refractivity contribution in [1.82, 2.24) is 0 Å². The molecule has 1 saturated carbocycles. The molecule has 0 radical (unpaired) electrons. The maximum atomic E-state index is 12.8. The Morgan fingerprint density at radius 3 is 2.55 bits per heavy atom. The monoisotopic (exact) mass is 302 g/mol. The van der Waals surface area contributed by atoms with Gasteiger partial charge in [0.05, 0.1) is 0 Å². The van der Waals surface area contributed by atoms with E-state index in [-0.39, 0.29) is 12.8 Å². The van der Waals surface area contributed by atoms with Gasteiger partial charge in [0.15, 0.2) is 6.10 Å². The molecule has 5 nitrogen and oxygen atoms in total. The summed E-state index contributed by atoms with van der Waals surface area (Å²) in [5.74, 6) is -7.19. The number of hydrogen-bond acceptors (Lipinski definition) is 5. The van der Waals surface area contributed by atoms with E-state index in [0.717, 1.165) is 0 Å². The molecule has 20 heavy (non-hydrogen) atoms. The van der Waals surface area contributed by atoms with E-state index in [0.29, 0.717) is 19.8 Å². The van der Waals surface area contributed by atoms with Gasteiger partial charge in [-0.25, -0.2) is 4.79 Å². The number of carbonyl (C=O) groups excluding carboxylic acids is 1. The minimum Gasteiger partial charge on any atom is -0.452 e. The molecule has 0 aromatic carbocycles. The first-order chi connectivity index (χ1) is 9.15. The molecule has 1 aliphatic heterocycles. The quantitative estimate of drug-likeness (QED) is 0.445. The Balaban J connectivity index is 2.08. The summed E-state index contributed by atoms with van der Waals surface area (Å²) in [5, 5.41) is 0. The maximum absolute atomic E-state index is 12.8. The molecule has 0 aromatic heterocycles. The van der Waals surface area contributed by atoms with Crippen LogP contribution in [0.4, 0.5) is 17.6 Å². The van der Waals surface area contributed by atoms with Crippen LogP contribution in [0.2, 0.25) is 0 Å². The van der Waals surface area contributed by atoms with Gasteiger partial charge in [-0.3, -0.25) is 0 Å². The van der Waals surface area contributed by atoms with E-state index >= 15 is 0 Å². The van der Waals surface area contributed by atoms with Gasteiger partial charge in [-0.05, 0) is 19.3 Å². The Hall–Kier alpha value is -0.930. The third-order valence-electron chi connectivity index (χ3n) is 3.13. The summed E-state index contributed by atoms with van der Waals surface area (Å²) in [4.78, 5) is 19.7. The average molecular weight is 302 g/mol. The van der Waals surface area contributed by atoms with Gasteiger partial charge in [-0.1, -0.05) is 0 Å². The fourth-order valence-electron chi connectivity index (χ4n) is 2.11. The molecule has 1 spiro atoms. The van der Waals surface area contributed by atoms with Gasteiger partial charge in [0.2, 0.25) is 5.79 Å². The smallest absolute Gasteiger partial charge is 0.404 e. The zero-order chi connectivity index (χ0) is 15.0. The van der Waals surface area contributed by atoms with Crippen LogP contribution >= 0.6 is 0 Å². The lowest BCUT2D eigenvalue weighted by Gasteiger charge is -2.44. The Bertz CT molecular complexity index is 371. The molecule has 1 aliphatic carbocycles. The lowest BCUT2D eigenvalue weighted by atomic mass is 9.91. The molecular formula is C11H14F4O5. The highest BCUT2D eigenvalue weighted by molar-refractivity contribution is 5.77. The molecule has 0 aromatic rings. The van der Waals surface area contributed by atoms with Crippen molar-refractivity contribution in [2.45, 2.75) is 56.5 Å². The van der Waals surface area contributed by atoms with Gasteiger partial charge >= 0.3 is 18.0 Å². The highest BCUT2D eigenvalue weighted by Crippen LogP contribution is 2.41. The second-order valence-corrected chi connectivity index (χ2v) is 4.93. The molecule has 0 bridgehead atoms. The zero-order valence-corrected chi connectivity index (χ0v) is 10.7. The Morgan fingerprint density at radius 1 is 1.30 bits per heavy atom. The third-order valence-corrected chi connectivity index (χ3v) is 3.13. The lowest BCUT2D eigenvalue weighted by molar-refractivity contribution is -0.572. The van der Waals surface area contributed by atoms with Crippen molar-refractivity contribution in [3.63, 3.8) is 0 Å². The molecule has 2 rings (SSSR count). The van der Waals surface area contributed by atoms with Crippen LogP contribution in [0.25, 0.3) is 0 Å². The normalized spacial score (nSPS) is 34.0. The van der Waals surface area contributed by atoms with Gasteiger partial charge in [-0.15, -0.1) is 0 Å². The molecule has 0 N–H and O–H groups in total. The standard InChI is InChI=1S/C11H14F4O5/c1-9(12,13)8(16)18-7-4-2-3-5-10(7)17-6-11(14,15)20-19-10/h7H,2-6H2,1H3. The highest BCUT2D eigenvalue weighted by Gasteiger charge is 2.55. The topological polar surface area (TPSA) is 54.0 Å². The second-order valence-electron chi connectivity index (χ2n) is 4.93. The molecule has 9 heteroatoms. The number of carbonyl (C=O) groups is 1. The van der Waals surface area contributed by atoms with Crippen molar-refractivity contribution in [3.8, 4) is 0 Å². The van der Waals surface area contributed by atoms with Gasteiger partial charge < -0.3 is 9.47 Å². The predicted octanol–water partition coefficient (Wildman–Crippen LogP) is 2.39. The molecular weight excluding hydrogens is 288 g/mol. The minimum atomic E-state index is -3.68. The highest BCUT2D eigenvalue weighted by atomic mass is 19.3. The SMILES string of the molecule is CC(F)(F)C(=O)OC1CCCCC12OCC(F)(F)OO2. The molecule has 2 atom stereocenters. The van der Waals surface area contributed by atoms with E-state index in [9.17, 15) is 22.4 Å². The number of hydrogen-bond donors (Lipinski definition) is 0. The van der Waals surface area contributed by atoms with Crippen molar-refractivity contribution in [2.75, 3.05) is 6.61 Å². The molecule has 2 aliphatic rings. The van der Waals surface area contributed by atoms with Crippen LogP contribution in [0.1, 0.15) is 32.6 Å². The molecule has 1 heterocycles. The van der Waals surface area contributed by atoms with Crippen LogP contribution in [0.3, 0.4) is 0 Å². The summed E-state index contributed by atoms with van der Waals surface area (Å²) >= 11 is 0. The zero-order valence-electron chi connectivity index (χ0n) is 10.7. The minimum absolute atomic E-state index is 0.107. The van der Waals surface area contributed by atoms with E-state index in [2.05, 4.69) is 14.5 Å². The third kappa shape index (κ3) is 3.21. The van der Waals surface area contributed by atoms with Crippen LogP contribution in [0.15, 0.2) is 0 Å². The fraction of sp³-hybridized carbons (Fsp3) is 0.909. The van der Waals surface area contributed by atoms with E-state index in [1.807, 2.05) is 0 Å². The molecule has 2 unspecified atom stereocenters. The average Bonchev–Trinajstić information content (AvgIpc) is 2.35. The molecule has 2 fully saturated rings. The van der Waals surface area contributed by atoms with Crippen molar-refractivity contribution < 1.29 is 41.6 Å². The van der Waals surface area contributed by atoms with Gasteiger partial charge in [0.25, 0.3) is 0 Å². The van der Waals surface area contributed by atoms with Crippen LogP contribution in [0, 0.1) is 0 Å². The summed E-state index contributed by atoms with van der Waals surface area (Å²) < 4.78 is 60.9. The first-order valence-electron chi connectivity index (χ1n) is 6.12. The fourth-order valence-corrected chi connectivity index (χ4v) is 2.11. The van der Waals surface area contributed by atoms with Crippen LogP contribution in [-0.2, 0) is 24.0 Å². The first kappa shape index (κ1) is 15.5. The summed E-state index contributed by atoms with van der Waals surface area (Å²) in [7, 11) is 0. The summed E-state index contributed by atoms with van der Waals surface area (Å²) in [6, 6.07) is 0. The molecule has 1 saturated heterocycles. The summed E-state index contributed by atoms with van der Waals surface area (Å²) in [6.45, 7) is -0.707. The number of rotatable bonds is 2. The van der Waals surface area contributed by atoms with Gasteiger partial charge in [0.1, 0.15) is 6.61 Å². The first-order valence-corrected chi connectivity index (χ1v) is 6.12.